The third-order valence-corrected chi connectivity index (χ3v) is 4.50. The first-order chi connectivity index (χ1) is 14.6. The van der Waals surface area contributed by atoms with Gasteiger partial charge in [0.25, 0.3) is 0 Å². The first-order valence-corrected chi connectivity index (χ1v) is 9.79. The van der Waals surface area contributed by atoms with Gasteiger partial charge in [0.2, 0.25) is 0 Å². The van der Waals surface area contributed by atoms with Crippen molar-refractivity contribution in [1.82, 2.24) is 25.2 Å². The van der Waals surface area contributed by atoms with E-state index in [0.717, 1.165) is 28.7 Å². The van der Waals surface area contributed by atoms with Crippen molar-refractivity contribution < 1.29 is 9.47 Å². The maximum absolute atomic E-state index is 5.93. The van der Waals surface area contributed by atoms with E-state index in [4.69, 9.17) is 9.47 Å². The minimum Gasteiger partial charge on any atom is -0.497 e. The van der Waals surface area contributed by atoms with Crippen LogP contribution < -0.4 is 20.1 Å². The summed E-state index contributed by atoms with van der Waals surface area (Å²) in [6, 6.07) is 11.6. The molecule has 0 fully saturated rings. The number of benzene rings is 1. The van der Waals surface area contributed by atoms with Crippen molar-refractivity contribution >= 4 is 29.9 Å². The largest absolute Gasteiger partial charge is 0.497 e. The zero-order valence-electron chi connectivity index (χ0n) is 18.2. The molecular weight excluding hydrogens is 507 g/mol. The Morgan fingerprint density at radius 1 is 1.16 bits per heavy atom. The van der Waals surface area contributed by atoms with Crippen molar-refractivity contribution in [2.75, 3.05) is 20.7 Å². The predicted octanol–water partition coefficient (Wildman–Crippen LogP) is 3.33. The number of aryl methyl sites for hydroxylation is 1. The van der Waals surface area contributed by atoms with Crippen molar-refractivity contribution in [3.63, 3.8) is 0 Å². The molecule has 166 valence electrons. The lowest BCUT2D eigenvalue weighted by atomic mass is 10.3. The molecule has 9 heteroatoms. The molecule has 2 N–H and O–H groups in total. The van der Waals surface area contributed by atoms with Crippen LogP contribution in [0.15, 0.2) is 60.0 Å². The predicted molar refractivity (Wildman–Crippen MR) is 133 cm³/mol. The van der Waals surface area contributed by atoms with E-state index in [0.29, 0.717) is 19.0 Å². The number of guanidine groups is 1. The van der Waals surface area contributed by atoms with Gasteiger partial charge in [-0.05, 0) is 37.6 Å². The van der Waals surface area contributed by atoms with E-state index in [2.05, 4.69) is 25.6 Å². The Morgan fingerprint density at radius 3 is 2.61 bits per heavy atom. The first kappa shape index (κ1) is 24.4. The van der Waals surface area contributed by atoms with E-state index in [1.54, 1.807) is 20.4 Å². The van der Waals surface area contributed by atoms with E-state index >= 15 is 0 Å². The first-order valence-electron chi connectivity index (χ1n) is 9.79. The molecule has 1 aromatic carbocycles. The van der Waals surface area contributed by atoms with Crippen molar-refractivity contribution in [3.05, 3.63) is 66.4 Å². The maximum Gasteiger partial charge on any atom is 0.191 e. The lowest BCUT2D eigenvalue weighted by Crippen LogP contribution is -2.41. The van der Waals surface area contributed by atoms with E-state index in [9.17, 15) is 0 Å². The van der Waals surface area contributed by atoms with Crippen LogP contribution in [-0.2, 0) is 6.54 Å². The average molecular weight is 536 g/mol. The molecule has 0 saturated heterocycles. The number of hydrogen-bond donors (Lipinski definition) is 2. The summed E-state index contributed by atoms with van der Waals surface area (Å²) >= 11 is 0. The Labute approximate surface area is 200 Å². The Morgan fingerprint density at radius 2 is 1.97 bits per heavy atom. The molecule has 2 heterocycles. The Balaban J connectivity index is 0.00000341. The molecule has 0 amide bonds. The van der Waals surface area contributed by atoms with Crippen molar-refractivity contribution in [2.24, 2.45) is 4.99 Å². The fraction of sp³-hybridized carbons (Fsp3) is 0.318. The molecule has 0 aliphatic heterocycles. The topological polar surface area (TPSA) is 85.6 Å². The average Bonchev–Trinajstić information content (AvgIpc) is 3.20. The quantitative estimate of drug-likeness (QED) is 0.261. The van der Waals surface area contributed by atoms with Gasteiger partial charge in [-0.1, -0.05) is 12.1 Å². The van der Waals surface area contributed by atoms with Crippen LogP contribution in [0.2, 0.25) is 0 Å². The lowest BCUT2D eigenvalue weighted by molar-refractivity contribution is 0.223. The molecule has 2 aromatic heterocycles. The van der Waals surface area contributed by atoms with Crippen LogP contribution in [0.5, 0.6) is 11.5 Å². The number of hydrogen-bond acceptors (Lipinski definition) is 5. The third kappa shape index (κ3) is 7.12. The Hall–Kier alpha value is -2.82. The van der Waals surface area contributed by atoms with Gasteiger partial charge in [0, 0.05) is 38.2 Å². The monoisotopic (exact) mass is 536 g/mol. The van der Waals surface area contributed by atoms with Gasteiger partial charge in [0.15, 0.2) is 5.96 Å². The highest BCUT2D eigenvalue weighted by Crippen LogP contribution is 2.19. The molecule has 8 nitrogen and oxygen atoms in total. The fourth-order valence-electron chi connectivity index (χ4n) is 2.88. The van der Waals surface area contributed by atoms with Crippen LogP contribution >= 0.6 is 24.0 Å². The van der Waals surface area contributed by atoms with Crippen LogP contribution in [0.25, 0.3) is 5.82 Å². The standard InChI is InChI=1S/C22H28N6O2.HI/c1-16(30-20-7-5-6-19(12-20)29-4)13-26-22(23-3)27-15-18-8-9-21(25-14-18)28-11-10-24-17(28)2;/h5-12,14,16H,13,15H2,1-4H3,(H2,23,26,27);1H. The van der Waals surface area contributed by atoms with Gasteiger partial charge in [0.1, 0.15) is 29.2 Å². The van der Waals surface area contributed by atoms with Gasteiger partial charge in [-0.3, -0.25) is 9.56 Å². The van der Waals surface area contributed by atoms with Gasteiger partial charge in [-0.15, -0.1) is 24.0 Å². The second-order valence-corrected chi connectivity index (χ2v) is 6.78. The molecule has 1 atom stereocenters. The van der Waals surface area contributed by atoms with Crippen LogP contribution in [0.1, 0.15) is 18.3 Å². The highest BCUT2D eigenvalue weighted by Gasteiger charge is 2.07. The zero-order chi connectivity index (χ0) is 21.3. The normalized spacial score (nSPS) is 11.9. The van der Waals surface area contributed by atoms with Gasteiger partial charge in [-0.25, -0.2) is 9.97 Å². The fourth-order valence-corrected chi connectivity index (χ4v) is 2.88. The van der Waals surface area contributed by atoms with Gasteiger partial charge in [-0.2, -0.15) is 0 Å². The molecule has 0 aliphatic rings. The summed E-state index contributed by atoms with van der Waals surface area (Å²) in [5, 5.41) is 6.57. The molecule has 3 rings (SSSR count). The summed E-state index contributed by atoms with van der Waals surface area (Å²) in [5.41, 5.74) is 1.06. The van der Waals surface area contributed by atoms with Crippen molar-refractivity contribution in [1.29, 1.82) is 0 Å². The summed E-state index contributed by atoms with van der Waals surface area (Å²) in [5.74, 6) is 3.99. The summed E-state index contributed by atoms with van der Waals surface area (Å²) in [6.07, 6.45) is 5.47. The zero-order valence-corrected chi connectivity index (χ0v) is 20.5. The maximum atomic E-state index is 5.93. The molecule has 0 radical (unpaired) electrons. The number of ether oxygens (including phenoxy) is 2. The molecule has 1 unspecified atom stereocenters. The van der Waals surface area contributed by atoms with Crippen LogP contribution in [0, 0.1) is 6.92 Å². The summed E-state index contributed by atoms with van der Waals surface area (Å²) in [4.78, 5) is 13.0. The molecule has 0 aliphatic carbocycles. The SMILES string of the molecule is CN=C(NCc1ccc(-n2ccnc2C)nc1)NCC(C)Oc1cccc(OC)c1.I. The van der Waals surface area contributed by atoms with Crippen LogP contribution in [-0.4, -0.2) is 47.3 Å². The lowest BCUT2D eigenvalue weighted by Gasteiger charge is -2.18. The number of aromatic nitrogens is 3. The van der Waals surface area contributed by atoms with Crippen molar-refractivity contribution in [3.8, 4) is 17.3 Å². The highest BCUT2D eigenvalue weighted by molar-refractivity contribution is 14.0. The van der Waals surface area contributed by atoms with Gasteiger partial charge in [0.05, 0.1) is 13.7 Å². The molecule has 31 heavy (non-hydrogen) atoms. The van der Waals surface area contributed by atoms with E-state index in [-0.39, 0.29) is 30.1 Å². The van der Waals surface area contributed by atoms with Crippen molar-refractivity contribution in [2.45, 2.75) is 26.5 Å². The highest BCUT2D eigenvalue weighted by atomic mass is 127. The third-order valence-electron chi connectivity index (χ3n) is 4.50. The molecule has 0 saturated carbocycles. The number of nitrogens with one attached hydrogen (secondary N) is 2. The second-order valence-electron chi connectivity index (χ2n) is 6.78. The number of pyridine rings is 1. The smallest absolute Gasteiger partial charge is 0.191 e. The summed E-state index contributed by atoms with van der Waals surface area (Å²) < 4.78 is 13.1. The van der Waals surface area contributed by atoms with Crippen LogP contribution in [0.4, 0.5) is 0 Å². The molecule has 0 bridgehead atoms. The number of aliphatic imine (C=N–C) groups is 1. The number of rotatable bonds is 8. The number of methoxy groups -OCH3 is 1. The second kappa shape index (κ2) is 12.1. The van der Waals surface area contributed by atoms with E-state index in [1.807, 2.05) is 67.2 Å². The number of halogens is 1. The number of imidazole rings is 1. The van der Waals surface area contributed by atoms with Gasteiger partial charge < -0.3 is 20.1 Å². The Kier molecular flexibility index (Phi) is 9.57. The molecule has 0 spiro atoms. The molecule has 3 aromatic rings. The van der Waals surface area contributed by atoms with E-state index in [1.165, 1.54) is 0 Å². The Bertz CT molecular complexity index is 974. The molecular formula is C22H29IN6O2. The number of nitrogens with zero attached hydrogens (tertiary/aromatic N) is 4. The summed E-state index contributed by atoms with van der Waals surface area (Å²) in [7, 11) is 3.38. The van der Waals surface area contributed by atoms with Crippen LogP contribution in [0.3, 0.4) is 0 Å². The van der Waals surface area contributed by atoms with E-state index < -0.39 is 0 Å². The van der Waals surface area contributed by atoms with Gasteiger partial charge >= 0.3 is 0 Å². The summed E-state index contributed by atoms with van der Waals surface area (Å²) in [6.45, 7) is 5.17. The minimum atomic E-state index is -0.0463. The minimum absolute atomic E-state index is 0.